The number of amides is 1. The molecule has 0 heterocycles. The first-order valence-corrected chi connectivity index (χ1v) is 8.69. The second kappa shape index (κ2) is 5.26. The Morgan fingerprint density at radius 3 is 2.05 bits per heavy atom. The molecule has 1 N–H and O–H groups in total. The minimum atomic E-state index is -0.249. The molecule has 1 amide bonds. The van der Waals surface area contributed by atoms with Gasteiger partial charge in [0, 0.05) is 6.04 Å². The summed E-state index contributed by atoms with van der Waals surface area (Å²) < 4.78 is 5.60. The molecular weight excluding hydrogens is 262 g/mol. The van der Waals surface area contributed by atoms with E-state index in [1.807, 2.05) is 20.8 Å². The van der Waals surface area contributed by atoms with E-state index < -0.39 is 0 Å². The lowest BCUT2D eigenvalue weighted by Crippen LogP contribution is -2.56. The van der Waals surface area contributed by atoms with Crippen molar-refractivity contribution in [1.82, 2.24) is 5.32 Å². The largest absolute Gasteiger partial charge is 0.366 e. The molecule has 1 atom stereocenters. The van der Waals surface area contributed by atoms with Crippen molar-refractivity contribution in [2.75, 3.05) is 6.61 Å². The van der Waals surface area contributed by atoms with E-state index in [1.165, 1.54) is 38.5 Å². The minimum Gasteiger partial charge on any atom is -0.366 e. The Balaban J connectivity index is 1.58. The van der Waals surface area contributed by atoms with Crippen molar-refractivity contribution in [2.45, 2.75) is 77.9 Å². The van der Waals surface area contributed by atoms with Gasteiger partial charge in [-0.1, -0.05) is 0 Å². The number of rotatable bonds is 4. The van der Waals surface area contributed by atoms with Crippen molar-refractivity contribution in [3.05, 3.63) is 0 Å². The van der Waals surface area contributed by atoms with E-state index in [0.717, 1.165) is 17.8 Å². The highest BCUT2D eigenvalue weighted by Gasteiger charge is 2.53. The first-order chi connectivity index (χ1) is 9.76. The molecule has 3 nitrogen and oxygen atoms in total. The molecule has 4 bridgehead atoms. The summed E-state index contributed by atoms with van der Waals surface area (Å²) in [4.78, 5) is 12.2. The van der Waals surface area contributed by atoms with Crippen molar-refractivity contribution in [2.24, 2.45) is 23.2 Å². The molecule has 21 heavy (non-hydrogen) atoms. The normalized spacial score (nSPS) is 39.3. The van der Waals surface area contributed by atoms with E-state index in [0.29, 0.717) is 11.5 Å². The lowest BCUT2D eigenvalue weighted by atomic mass is 9.48. The number of carbonyl (C=O) groups is 1. The molecule has 4 saturated carbocycles. The molecule has 4 rings (SSSR count). The second-order valence-electron chi connectivity index (χ2n) is 8.97. The Bertz CT molecular complexity index is 375. The zero-order valence-electron chi connectivity index (χ0n) is 14.1. The van der Waals surface area contributed by atoms with Gasteiger partial charge >= 0.3 is 0 Å². The summed E-state index contributed by atoms with van der Waals surface area (Å²) in [7, 11) is 0. The summed E-state index contributed by atoms with van der Waals surface area (Å²) in [5, 5.41) is 3.25. The topological polar surface area (TPSA) is 38.3 Å². The number of nitrogens with one attached hydrogen (secondary N) is 1. The third-order valence-corrected chi connectivity index (χ3v) is 6.02. The fourth-order valence-electron chi connectivity index (χ4n) is 5.43. The summed E-state index contributed by atoms with van der Waals surface area (Å²) in [5.74, 6) is 2.84. The fraction of sp³-hybridized carbons (Fsp3) is 0.944. The molecule has 0 saturated heterocycles. The van der Waals surface area contributed by atoms with Gasteiger partial charge in [0.25, 0.3) is 0 Å². The first kappa shape index (κ1) is 15.3. The van der Waals surface area contributed by atoms with Crippen LogP contribution in [0.25, 0.3) is 0 Å². The van der Waals surface area contributed by atoms with E-state index in [1.54, 1.807) is 0 Å². The minimum absolute atomic E-state index is 0.0492. The van der Waals surface area contributed by atoms with Gasteiger partial charge in [-0.3, -0.25) is 4.79 Å². The van der Waals surface area contributed by atoms with Crippen molar-refractivity contribution in [3.63, 3.8) is 0 Å². The molecule has 0 aromatic rings. The zero-order valence-corrected chi connectivity index (χ0v) is 14.1. The average Bonchev–Trinajstić information content (AvgIpc) is 2.34. The Labute approximate surface area is 129 Å². The maximum atomic E-state index is 12.2. The predicted octanol–water partition coefficient (Wildman–Crippen LogP) is 3.52. The van der Waals surface area contributed by atoms with Crippen LogP contribution in [0.4, 0.5) is 0 Å². The summed E-state index contributed by atoms with van der Waals surface area (Å²) in [6, 6.07) is 0.293. The Kier molecular flexibility index (Phi) is 3.84. The summed E-state index contributed by atoms with van der Waals surface area (Å²) >= 11 is 0. The molecule has 0 aliphatic heterocycles. The molecule has 120 valence electrons. The quantitative estimate of drug-likeness (QED) is 0.861. The predicted molar refractivity (Wildman–Crippen MR) is 83.9 cm³/mol. The Hall–Kier alpha value is -0.570. The monoisotopic (exact) mass is 293 g/mol. The van der Waals surface area contributed by atoms with Crippen LogP contribution in [0.5, 0.6) is 0 Å². The van der Waals surface area contributed by atoms with Crippen molar-refractivity contribution in [3.8, 4) is 0 Å². The lowest BCUT2D eigenvalue weighted by molar-refractivity contribution is -0.134. The molecule has 4 aliphatic carbocycles. The van der Waals surface area contributed by atoms with Crippen molar-refractivity contribution < 1.29 is 9.53 Å². The van der Waals surface area contributed by atoms with E-state index in [4.69, 9.17) is 4.74 Å². The fourth-order valence-corrected chi connectivity index (χ4v) is 5.43. The van der Waals surface area contributed by atoms with E-state index in [2.05, 4.69) is 12.2 Å². The summed E-state index contributed by atoms with van der Waals surface area (Å²) in [5.41, 5.74) is 0.132. The Morgan fingerprint density at radius 1 is 1.14 bits per heavy atom. The smallest absolute Gasteiger partial charge is 0.246 e. The van der Waals surface area contributed by atoms with Crippen LogP contribution in [0.15, 0.2) is 0 Å². The van der Waals surface area contributed by atoms with E-state index in [-0.39, 0.29) is 18.1 Å². The molecule has 0 spiro atoms. The van der Waals surface area contributed by atoms with Crippen LogP contribution in [0, 0.1) is 23.2 Å². The first-order valence-electron chi connectivity index (χ1n) is 8.69. The zero-order chi connectivity index (χ0) is 15.3. The van der Waals surface area contributed by atoms with Crippen molar-refractivity contribution in [1.29, 1.82) is 0 Å². The van der Waals surface area contributed by atoms with Gasteiger partial charge in [0.05, 0.1) is 5.60 Å². The van der Waals surface area contributed by atoms with Crippen molar-refractivity contribution >= 4 is 5.91 Å². The highest BCUT2D eigenvalue weighted by Crippen LogP contribution is 2.61. The second-order valence-corrected chi connectivity index (χ2v) is 8.97. The third-order valence-electron chi connectivity index (χ3n) is 6.02. The van der Waals surface area contributed by atoms with Crippen LogP contribution in [-0.2, 0) is 9.53 Å². The molecule has 3 heteroatoms. The standard InChI is InChI=1S/C18H31NO2/c1-12(19-16(20)11-21-17(2,3)4)18-8-13-5-14(9-18)7-15(6-13)10-18/h12-15H,5-11H2,1-4H3,(H,19,20). The van der Waals surface area contributed by atoms with Gasteiger partial charge in [-0.2, -0.15) is 0 Å². The number of hydrogen-bond donors (Lipinski definition) is 1. The number of hydrogen-bond acceptors (Lipinski definition) is 2. The van der Waals surface area contributed by atoms with Crippen LogP contribution in [-0.4, -0.2) is 24.2 Å². The van der Waals surface area contributed by atoms with Gasteiger partial charge in [0.15, 0.2) is 0 Å². The summed E-state index contributed by atoms with van der Waals surface area (Å²) in [6.07, 6.45) is 8.36. The summed E-state index contributed by atoms with van der Waals surface area (Å²) in [6.45, 7) is 8.37. The Morgan fingerprint density at radius 2 is 1.62 bits per heavy atom. The molecule has 0 aromatic carbocycles. The molecule has 1 unspecified atom stereocenters. The average molecular weight is 293 g/mol. The third kappa shape index (κ3) is 3.28. The van der Waals surface area contributed by atoms with Crippen LogP contribution in [0.3, 0.4) is 0 Å². The number of carbonyl (C=O) groups excluding carboxylic acids is 1. The van der Waals surface area contributed by atoms with Crippen LogP contribution < -0.4 is 5.32 Å². The van der Waals surface area contributed by atoms with Crippen LogP contribution in [0.2, 0.25) is 0 Å². The molecule has 4 aliphatic rings. The van der Waals surface area contributed by atoms with Gasteiger partial charge in [0.1, 0.15) is 6.61 Å². The molecule has 0 aromatic heterocycles. The highest BCUT2D eigenvalue weighted by atomic mass is 16.5. The van der Waals surface area contributed by atoms with Gasteiger partial charge in [-0.05, 0) is 89.4 Å². The lowest BCUT2D eigenvalue weighted by Gasteiger charge is -2.59. The van der Waals surface area contributed by atoms with Crippen LogP contribution in [0.1, 0.15) is 66.2 Å². The maximum absolute atomic E-state index is 12.2. The van der Waals surface area contributed by atoms with Gasteiger partial charge in [-0.15, -0.1) is 0 Å². The highest BCUT2D eigenvalue weighted by molar-refractivity contribution is 5.77. The SMILES string of the molecule is CC(NC(=O)COC(C)(C)C)C12CC3CC(CC(C3)C1)C2. The molecular formula is C18H31NO2. The molecule has 0 radical (unpaired) electrons. The van der Waals surface area contributed by atoms with Gasteiger partial charge in [-0.25, -0.2) is 0 Å². The van der Waals surface area contributed by atoms with Gasteiger partial charge < -0.3 is 10.1 Å². The number of ether oxygens (including phenoxy) is 1. The van der Waals surface area contributed by atoms with E-state index in [9.17, 15) is 4.79 Å². The molecule has 4 fully saturated rings. The van der Waals surface area contributed by atoms with E-state index >= 15 is 0 Å². The van der Waals surface area contributed by atoms with Gasteiger partial charge in [0.2, 0.25) is 5.91 Å². The maximum Gasteiger partial charge on any atom is 0.246 e. The van der Waals surface area contributed by atoms with Crippen LogP contribution >= 0.6 is 0 Å².